The third-order valence-electron chi connectivity index (χ3n) is 2.72. The molecule has 0 aliphatic carbocycles. The fourth-order valence-corrected chi connectivity index (χ4v) is 2.52. The van der Waals surface area contributed by atoms with Crippen molar-refractivity contribution in [3.05, 3.63) is 47.2 Å². The Hall–Kier alpha value is -1.52. The number of thiazole rings is 1. The van der Waals surface area contributed by atoms with Crippen molar-refractivity contribution in [1.29, 1.82) is 0 Å². The predicted octanol–water partition coefficient (Wildman–Crippen LogP) is 4.21. The second-order valence-electron chi connectivity index (χ2n) is 5.04. The molecule has 1 aromatic carbocycles. The molecule has 0 fully saturated rings. The van der Waals surface area contributed by atoms with Crippen molar-refractivity contribution < 1.29 is 4.39 Å². The van der Waals surface area contributed by atoms with Crippen molar-refractivity contribution in [2.75, 3.05) is 13.1 Å². The average Bonchev–Trinajstić information content (AvgIpc) is 2.87. The van der Waals surface area contributed by atoms with Gasteiger partial charge in [-0.2, -0.15) is 0 Å². The van der Waals surface area contributed by atoms with E-state index in [0.29, 0.717) is 5.92 Å². The lowest BCUT2D eigenvalue weighted by Crippen LogP contribution is -2.19. The zero-order valence-corrected chi connectivity index (χ0v) is 12.6. The quantitative estimate of drug-likeness (QED) is 0.806. The smallest absolute Gasteiger partial charge is 0.124 e. The summed E-state index contributed by atoms with van der Waals surface area (Å²) in [6.07, 6.45) is 4.09. The molecule has 0 radical (unpaired) electrons. The molecule has 0 aliphatic rings. The molecule has 1 aromatic heterocycles. The van der Waals surface area contributed by atoms with Crippen LogP contribution in [0, 0.1) is 11.7 Å². The highest BCUT2D eigenvalue weighted by Gasteiger charge is 2.02. The van der Waals surface area contributed by atoms with Crippen LogP contribution in [0.3, 0.4) is 0 Å². The molecular formula is C16H19FN2S. The fraction of sp³-hybridized carbons (Fsp3) is 0.312. The molecule has 1 heterocycles. The van der Waals surface area contributed by atoms with Crippen LogP contribution in [0.25, 0.3) is 16.6 Å². The van der Waals surface area contributed by atoms with Crippen molar-refractivity contribution >= 4 is 17.4 Å². The van der Waals surface area contributed by atoms with Crippen LogP contribution in [0.4, 0.5) is 4.39 Å². The Morgan fingerprint density at radius 3 is 2.75 bits per heavy atom. The molecule has 0 unspecified atom stereocenters. The highest BCUT2D eigenvalue weighted by Crippen LogP contribution is 2.24. The Kier molecular flexibility index (Phi) is 5.44. The lowest BCUT2D eigenvalue weighted by atomic mass is 10.2. The summed E-state index contributed by atoms with van der Waals surface area (Å²) in [6.45, 7) is 6.24. The van der Waals surface area contributed by atoms with Gasteiger partial charge in [0.1, 0.15) is 10.8 Å². The first-order valence-corrected chi connectivity index (χ1v) is 7.62. The van der Waals surface area contributed by atoms with Gasteiger partial charge >= 0.3 is 0 Å². The van der Waals surface area contributed by atoms with Crippen LogP contribution >= 0.6 is 11.3 Å². The van der Waals surface area contributed by atoms with Crippen molar-refractivity contribution in [3.8, 4) is 10.6 Å². The van der Waals surface area contributed by atoms with Crippen molar-refractivity contribution in [3.63, 3.8) is 0 Å². The van der Waals surface area contributed by atoms with Crippen LogP contribution < -0.4 is 5.32 Å². The van der Waals surface area contributed by atoms with Gasteiger partial charge in [-0.3, -0.25) is 0 Å². The fourth-order valence-electron chi connectivity index (χ4n) is 1.72. The summed E-state index contributed by atoms with van der Waals surface area (Å²) in [4.78, 5) is 4.52. The molecule has 0 spiro atoms. The van der Waals surface area contributed by atoms with Gasteiger partial charge in [-0.15, -0.1) is 11.3 Å². The van der Waals surface area contributed by atoms with E-state index in [9.17, 15) is 4.39 Å². The zero-order valence-electron chi connectivity index (χ0n) is 11.8. The third kappa shape index (κ3) is 4.54. The largest absolute Gasteiger partial charge is 0.313 e. The number of halogens is 1. The van der Waals surface area contributed by atoms with Gasteiger partial charge in [-0.25, -0.2) is 9.37 Å². The first-order chi connectivity index (χ1) is 9.65. The van der Waals surface area contributed by atoms with Crippen molar-refractivity contribution in [2.24, 2.45) is 5.92 Å². The van der Waals surface area contributed by atoms with Crippen LogP contribution in [-0.2, 0) is 0 Å². The Morgan fingerprint density at radius 2 is 2.05 bits per heavy atom. The zero-order chi connectivity index (χ0) is 14.4. The van der Waals surface area contributed by atoms with Gasteiger partial charge in [0, 0.05) is 17.5 Å². The Bertz CT molecular complexity index is 558. The van der Waals surface area contributed by atoms with Crippen LogP contribution in [-0.4, -0.2) is 18.1 Å². The highest BCUT2D eigenvalue weighted by atomic mass is 32.1. The van der Waals surface area contributed by atoms with Gasteiger partial charge in [0.2, 0.25) is 0 Å². The summed E-state index contributed by atoms with van der Waals surface area (Å²) in [6, 6.07) is 6.43. The van der Waals surface area contributed by atoms with E-state index in [1.165, 1.54) is 12.1 Å². The van der Waals surface area contributed by atoms with Gasteiger partial charge < -0.3 is 5.32 Å². The maximum Gasteiger partial charge on any atom is 0.124 e. The van der Waals surface area contributed by atoms with E-state index >= 15 is 0 Å². The maximum atomic E-state index is 12.9. The SMILES string of the molecule is CC(C)CNCC=Cc1csc(-c2ccc(F)cc2)n1. The number of aromatic nitrogens is 1. The molecule has 0 aliphatic heterocycles. The molecule has 0 bridgehead atoms. The summed E-state index contributed by atoms with van der Waals surface area (Å²) >= 11 is 1.57. The number of benzene rings is 1. The summed E-state index contributed by atoms with van der Waals surface area (Å²) in [5.41, 5.74) is 1.90. The predicted molar refractivity (Wildman–Crippen MR) is 84.2 cm³/mol. The minimum atomic E-state index is -0.221. The summed E-state index contributed by atoms with van der Waals surface area (Å²) in [5.74, 6) is 0.439. The molecule has 0 atom stereocenters. The molecule has 0 saturated carbocycles. The van der Waals surface area contributed by atoms with Gasteiger partial charge in [0.25, 0.3) is 0 Å². The Labute approximate surface area is 123 Å². The Balaban J connectivity index is 1.92. The van der Waals surface area contributed by atoms with E-state index in [2.05, 4.69) is 30.2 Å². The maximum absolute atomic E-state index is 12.9. The van der Waals surface area contributed by atoms with Gasteiger partial charge in [0.15, 0.2) is 0 Å². The van der Waals surface area contributed by atoms with E-state index < -0.39 is 0 Å². The van der Waals surface area contributed by atoms with E-state index in [4.69, 9.17) is 0 Å². The van der Waals surface area contributed by atoms with Gasteiger partial charge in [-0.05, 0) is 42.8 Å². The van der Waals surface area contributed by atoms with E-state index in [1.807, 2.05) is 11.5 Å². The van der Waals surface area contributed by atoms with Crippen molar-refractivity contribution in [1.82, 2.24) is 10.3 Å². The summed E-state index contributed by atoms with van der Waals surface area (Å²) in [5, 5.41) is 6.27. The number of nitrogens with zero attached hydrogens (tertiary/aromatic N) is 1. The molecule has 20 heavy (non-hydrogen) atoms. The van der Waals surface area contributed by atoms with Crippen LogP contribution in [0.1, 0.15) is 19.5 Å². The first kappa shape index (κ1) is 14.9. The second kappa shape index (κ2) is 7.31. The first-order valence-electron chi connectivity index (χ1n) is 6.74. The molecule has 106 valence electrons. The summed E-state index contributed by atoms with van der Waals surface area (Å²) in [7, 11) is 0. The minimum absolute atomic E-state index is 0.221. The molecule has 2 nitrogen and oxygen atoms in total. The number of hydrogen-bond donors (Lipinski definition) is 1. The van der Waals surface area contributed by atoms with Crippen LogP contribution in [0.15, 0.2) is 35.7 Å². The Morgan fingerprint density at radius 1 is 1.30 bits per heavy atom. The van der Waals surface area contributed by atoms with Gasteiger partial charge in [-0.1, -0.05) is 19.9 Å². The molecule has 2 aromatic rings. The number of hydrogen-bond acceptors (Lipinski definition) is 3. The van der Waals surface area contributed by atoms with Crippen LogP contribution in [0.5, 0.6) is 0 Å². The molecule has 2 rings (SSSR count). The molecular weight excluding hydrogens is 271 g/mol. The lowest BCUT2D eigenvalue weighted by molar-refractivity contribution is 0.577. The monoisotopic (exact) mass is 290 g/mol. The minimum Gasteiger partial charge on any atom is -0.313 e. The topological polar surface area (TPSA) is 24.9 Å². The van der Waals surface area contributed by atoms with E-state index in [-0.39, 0.29) is 5.82 Å². The van der Waals surface area contributed by atoms with E-state index in [0.717, 1.165) is 29.4 Å². The van der Waals surface area contributed by atoms with E-state index in [1.54, 1.807) is 23.5 Å². The lowest BCUT2D eigenvalue weighted by Gasteiger charge is -2.03. The second-order valence-corrected chi connectivity index (χ2v) is 5.90. The number of nitrogens with one attached hydrogen (secondary N) is 1. The molecule has 0 amide bonds. The normalized spacial score (nSPS) is 11.6. The van der Waals surface area contributed by atoms with Crippen molar-refractivity contribution in [2.45, 2.75) is 13.8 Å². The van der Waals surface area contributed by atoms with Gasteiger partial charge in [0.05, 0.1) is 5.69 Å². The molecule has 0 saturated heterocycles. The van der Waals surface area contributed by atoms with Crippen LogP contribution in [0.2, 0.25) is 0 Å². The highest BCUT2D eigenvalue weighted by molar-refractivity contribution is 7.13. The number of rotatable bonds is 6. The summed E-state index contributed by atoms with van der Waals surface area (Å²) < 4.78 is 12.9. The molecule has 4 heteroatoms. The standard InChI is InChI=1S/C16H19FN2S/c1-12(2)10-18-9-3-4-15-11-20-16(19-15)13-5-7-14(17)8-6-13/h3-8,11-12,18H,9-10H2,1-2H3. The average molecular weight is 290 g/mol. The third-order valence-corrected chi connectivity index (χ3v) is 3.63. The molecule has 1 N–H and O–H groups in total.